The van der Waals surface area contributed by atoms with E-state index in [1.165, 1.54) is 38.5 Å². The van der Waals surface area contributed by atoms with Crippen LogP contribution in [0.1, 0.15) is 59.3 Å². The Morgan fingerprint density at radius 1 is 0.875 bits per heavy atom. The Bertz CT molecular complexity index is 309. The first kappa shape index (κ1) is 10.7. The van der Waals surface area contributed by atoms with Crippen molar-refractivity contribution in [2.75, 3.05) is 0 Å². The summed E-state index contributed by atoms with van der Waals surface area (Å²) < 4.78 is 0. The lowest BCUT2D eigenvalue weighted by Crippen LogP contribution is -2.45. The van der Waals surface area contributed by atoms with Crippen LogP contribution in [0.2, 0.25) is 0 Å². The lowest BCUT2D eigenvalue weighted by molar-refractivity contribution is -0.0183. The van der Waals surface area contributed by atoms with Crippen molar-refractivity contribution in [3.8, 4) is 11.8 Å². The molecule has 0 amide bonds. The third-order valence-corrected chi connectivity index (χ3v) is 4.74. The van der Waals surface area contributed by atoms with E-state index < -0.39 is 0 Å². The van der Waals surface area contributed by atoms with Crippen LogP contribution in [0, 0.1) is 40.4 Å². The van der Waals surface area contributed by atoms with Crippen molar-refractivity contribution in [1.82, 2.24) is 0 Å². The highest BCUT2D eigenvalue weighted by Crippen LogP contribution is 2.59. The van der Waals surface area contributed by atoms with E-state index in [-0.39, 0.29) is 5.41 Å². The van der Waals surface area contributed by atoms with Crippen LogP contribution in [0.5, 0.6) is 0 Å². The van der Waals surface area contributed by atoms with Crippen molar-refractivity contribution in [3.63, 3.8) is 0 Å². The van der Waals surface area contributed by atoms with Gasteiger partial charge in [0.15, 0.2) is 0 Å². The molecule has 0 aromatic rings. The van der Waals surface area contributed by atoms with E-state index in [0.29, 0.717) is 5.41 Å². The Kier molecular flexibility index (Phi) is 2.19. The molecular weight excluding hydrogens is 192 g/mol. The van der Waals surface area contributed by atoms with Gasteiger partial charge in [-0.05, 0) is 77.0 Å². The molecule has 0 atom stereocenters. The number of rotatable bonds is 0. The maximum Gasteiger partial charge on any atom is 0.0322 e. The van der Waals surface area contributed by atoms with Crippen molar-refractivity contribution in [3.05, 3.63) is 0 Å². The Labute approximate surface area is 100 Å². The highest BCUT2D eigenvalue weighted by atomic mass is 14.5. The molecule has 4 saturated carbocycles. The molecule has 4 aliphatic rings. The molecule has 0 heterocycles. The van der Waals surface area contributed by atoms with Crippen LogP contribution in [0.4, 0.5) is 0 Å². The summed E-state index contributed by atoms with van der Waals surface area (Å²) in [7, 11) is 0. The average Bonchev–Trinajstić information content (AvgIpc) is 2.11. The quantitative estimate of drug-likeness (QED) is 0.531. The lowest BCUT2D eigenvalue weighted by atomic mass is 9.50. The second-order valence-electron chi connectivity index (χ2n) is 7.70. The predicted molar refractivity (Wildman–Crippen MR) is 67.8 cm³/mol. The molecule has 0 nitrogen and oxygen atoms in total. The summed E-state index contributed by atoms with van der Waals surface area (Å²) in [4.78, 5) is 0. The Morgan fingerprint density at radius 2 is 1.31 bits per heavy atom. The summed E-state index contributed by atoms with van der Waals surface area (Å²) in [6.45, 7) is 6.71. The number of hydrogen-bond acceptors (Lipinski definition) is 0. The molecule has 0 spiro atoms. The van der Waals surface area contributed by atoms with Gasteiger partial charge < -0.3 is 0 Å². The Balaban J connectivity index is 1.85. The van der Waals surface area contributed by atoms with E-state index in [9.17, 15) is 0 Å². The monoisotopic (exact) mass is 216 g/mol. The highest BCUT2D eigenvalue weighted by Gasteiger charge is 2.50. The van der Waals surface area contributed by atoms with Gasteiger partial charge >= 0.3 is 0 Å². The molecule has 0 heteroatoms. The van der Waals surface area contributed by atoms with Crippen molar-refractivity contribution in [2.45, 2.75) is 59.3 Å². The minimum absolute atomic E-state index is 0.184. The zero-order valence-electron chi connectivity index (χ0n) is 11.0. The van der Waals surface area contributed by atoms with Crippen LogP contribution in [0.3, 0.4) is 0 Å². The predicted octanol–water partition coefficient (Wildman–Crippen LogP) is 4.25. The zero-order valence-corrected chi connectivity index (χ0v) is 11.0. The summed E-state index contributed by atoms with van der Waals surface area (Å²) in [6, 6.07) is 0. The highest BCUT2D eigenvalue weighted by molar-refractivity contribution is 5.21. The lowest BCUT2D eigenvalue weighted by Gasteiger charge is -2.54. The average molecular weight is 216 g/mol. The van der Waals surface area contributed by atoms with Crippen LogP contribution in [0.25, 0.3) is 0 Å². The molecule has 4 rings (SSSR count). The Morgan fingerprint density at radius 3 is 1.69 bits per heavy atom. The fourth-order valence-corrected chi connectivity index (χ4v) is 4.58. The van der Waals surface area contributed by atoms with Crippen molar-refractivity contribution in [1.29, 1.82) is 0 Å². The third-order valence-electron chi connectivity index (χ3n) is 4.74. The van der Waals surface area contributed by atoms with Gasteiger partial charge in [0.1, 0.15) is 0 Å². The van der Waals surface area contributed by atoms with E-state index in [4.69, 9.17) is 0 Å². The molecule has 0 N–H and O–H groups in total. The van der Waals surface area contributed by atoms with Gasteiger partial charge in [-0.3, -0.25) is 0 Å². The van der Waals surface area contributed by atoms with Gasteiger partial charge in [0, 0.05) is 10.8 Å². The van der Waals surface area contributed by atoms with Crippen LogP contribution in [0.15, 0.2) is 0 Å². The van der Waals surface area contributed by atoms with E-state index in [2.05, 4.69) is 32.6 Å². The zero-order chi connectivity index (χ0) is 11.4. The molecule has 4 fully saturated rings. The first-order valence-corrected chi connectivity index (χ1v) is 6.98. The van der Waals surface area contributed by atoms with Crippen molar-refractivity contribution in [2.24, 2.45) is 28.6 Å². The maximum absolute atomic E-state index is 3.72. The van der Waals surface area contributed by atoms with Crippen LogP contribution < -0.4 is 0 Å². The summed E-state index contributed by atoms with van der Waals surface area (Å²) in [5.41, 5.74) is 0.630. The summed E-state index contributed by atoms with van der Waals surface area (Å²) in [5.74, 6) is 10.3. The first-order chi connectivity index (χ1) is 7.44. The largest absolute Gasteiger partial charge is 0.0968 e. The maximum atomic E-state index is 3.72. The van der Waals surface area contributed by atoms with Gasteiger partial charge in [0.25, 0.3) is 0 Å². The summed E-state index contributed by atoms with van der Waals surface area (Å²) in [6.07, 6.45) is 8.83. The smallest absolute Gasteiger partial charge is 0.0322 e. The number of hydrogen-bond donors (Lipinski definition) is 0. The van der Waals surface area contributed by atoms with Gasteiger partial charge in [0.05, 0.1) is 0 Å². The summed E-state index contributed by atoms with van der Waals surface area (Å²) in [5, 5.41) is 0. The van der Waals surface area contributed by atoms with Gasteiger partial charge in [-0.2, -0.15) is 0 Å². The molecule has 0 aromatic carbocycles. The molecule has 88 valence electrons. The van der Waals surface area contributed by atoms with Gasteiger partial charge in [-0.25, -0.2) is 0 Å². The molecule has 0 aliphatic heterocycles. The third kappa shape index (κ3) is 1.90. The van der Waals surface area contributed by atoms with E-state index in [0.717, 1.165) is 17.8 Å². The minimum atomic E-state index is 0.184. The topological polar surface area (TPSA) is 0 Å². The molecule has 0 saturated heterocycles. The SMILES string of the molecule is CC(C)(C)C#CC12CC3CC(CC(C3)C1)C2. The minimum Gasteiger partial charge on any atom is -0.0968 e. The van der Waals surface area contributed by atoms with Gasteiger partial charge in [0.2, 0.25) is 0 Å². The normalized spacial score (nSPS) is 45.3. The molecular formula is C16H24. The second-order valence-corrected chi connectivity index (χ2v) is 7.70. The first-order valence-electron chi connectivity index (χ1n) is 6.98. The van der Waals surface area contributed by atoms with Crippen molar-refractivity contribution < 1.29 is 0 Å². The van der Waals surface area contributed by atoms with Gasteiger partial charge in [-0.15, -0.1) is 0 Å². The van der Waals surface area contributed by atoms with Crippen molar-refractivity contribution >= 4 is 0 Å². The summed E-state index contributed by atoms with van der Waals surface area (Å²) >= 11 is 0. The standard InChI is InChI=1S/C16H24/c1-15(2,3)4-5-16-9-12-6-13(10-16)8-14(7-12)11-16/h12-14H,6-11H2,1-3H3. The molecule has 0 unspecified atom stereocenters. The van der Waals surface area contributed by atoms with Crippen LogP contribution in [-0.2, 0) is 0 Å². The Hall–Kier alpha value is -0.440. The van der Waals surface area contributed by atoms with Crippen LogP contribution >= 0.6 is 0 Å². The molecule has 4 bridgehead atoms. The van der Waals surface area contributed by atoms with Gasteiger partial charge in [-0.1, -0.05) is 11.8 Å². The fraction of sp³-hybridized carbons (Fsp3) is 0.875. The van der Waals surface area contributed by atoms with E-state index in [1.807, 2.05) is 0 Å². The second kappa shape index (κ2) is 3.28. The molecule has 0 radical (unpaired) electrons. The fourth-order valence-electron chi connectivity index (χ4n) is 4.58. The van der Waals surface area contributed by atoms with E-state index in [1.54, 1.807) is 0 Å². The molecule has 16 heavy (non-hydrogen) atoms. The molecule has 0 aromatic heterocycles. The molecule has 4 aliphatic carbocycles. The van der Waals surface area contributed by atoms with E-state index >= 15 is 0 Å². The van der Waals surface area contributed by atoms with Crippen LogP contribution in [-0.4, -0.2) is 0 Å².